The lowest BCUT2D eigenvalue weighted by Gasteiger charge is -2.04. The standard InChI is InChI=1S/C17H13N7O2/c1-9(2)24-15-6-4-11(8-14(15)19-23-24)17-18-16(22-25-17)10-3-5-12-13(7-10)21-26-20-12/h3-9H,1-2H3. The molecule has 0 radical (unpaired) electrons. The molecule has 0 aliphatic rings. The zero-order valence-corrected chi connectivity index (χ0v) is 14.0. The van der Waals surface area contributed by atoms with E-state index in [9.17, 15) is 0 Å². The Hall–Kier alpha value is -3.62. The summed E-state index contributed by atoms with van der Waals surface area (Å²) in [6, 6.07) is 11.5. The molecule has 0 aliphatic heterocycles. The van der Waals surface area contributed by atoms with Crippen LogP contribution in [0.2, 0.25) is 0 Å². The average Bonchev–Trinajstić information content (AvgIpc) is 3.38. The van der Waals surface area contributed by atoms with Gasteiger partial charge in [-0.05, 0) is 60.6 Å². The van der Waals surface area contributed by atoms with Gasteiger partial charge in [0.15, 0.2) is 0 Å². The molecule has 26 heavy (non-hydrogen) atoms. The minimum Gasteiger partial charge on any atom is -0.334 e. The lowest BCUT2D eigenvalue weighted by Crippen LogP contribution is -2.02. The third-order valence-corrected chi connectivity index (χ3v) is 4.15. The molecule has 2 aromatic carbocycles. The SMILES string of the molecule is CC(C)n1nnc2cc(-c3nc(-c4ccc5nonc5c4)no3)ccc21. The topological polar surface area (TPSA) is 109 Å². The molecule has 0 unspecified atom stereocenters. The monoisotopic (exact) mass is 347 g/mol. The summed E-state index contributed by atoms with van der Waals surface area (Å²) in [4.78, 5) is 4.48. The van der Waals surface area contributed by atoms with Crippen LogP contribution in [0.25, 0.3) is 44.9 Å². The summed E-state index contributed by atoms with van der Waals surface area (Å²) in [6.07, 6.45) is 0. The van der Waals surface area contributed by atoms with E-state index in [4.69, 9.17) is 9.15 Å². The molecule has 0 saturated carbocycles. The molecule has 0 aliphatic carbocycles. The van der Waals surface area contributed by atoms with Crippen LogP contribution >= 0.6 is 0 Å². The second kappa shape index (κ2) is 5.45. The van der Waals surface area contributed by atoms with Gasteiger partial charge in [-0.2, -0.15) is 4.98 Å². The van der Waals surface area contributed by atoms with Crippen LogP contribution in [0.3, 0.4) is 0 Å². The second-order valence-electron chi connectivity index (χ2n) is 6.22. The van der Waals surface area contributed by atoms with E-state index in [1.54, 1.807) is 12.1 Å². The number of nitrogens with zero attached hydrogens (tertiary/aromatic N) is 7. The summed E-state index contributed by atoms with van der Waals surface area (Å²) in [5.74, 6) is 0.884. The van der Waals surface area contributed by atoms with E-state index >= 15 is 0 Å². The number of aromatic nitrogens is 7. The maximum atomic E-state index is 5.43. The molecule has 0 saturated heterocycles. The second-order valence-corrected chi connectivity index (χ2v) is 6.22. The van der Waals surface area contributed by atoms with Crippen molar-refractivity contribution in [1.29, 1.82) is 0 Å². The molecule has 0 N–H and O–H groups in total. The molecule has 0 atom stereocenters. The Balaban J connectivity index is 1.54. The third-order valence-electron chi connectivity index (χ3n) is 4.15. The maximum absolute atomic E-state index is 5.43. The maximum Gasteiger partial charge on any atom is 0.258 e. The molecule has 9 heteroatoms. The van der Waals surface area contributed by atoms with Crippen molar-refractivity contribution >= 4 is 22.1 Å². The first kappa shape index (κ1) is 14.7. The summed E-state index contributed by atoms with van der Waals surface area (Å²) in [7, 11) is 0. The Morgan fingerprint density at radius 3 is 2.58 bits per heavy atom. The first-order chi connectivity index (χ1) is 12.7. The van der Waals surface area contributed by atoms with Crippen LogP contribution in [0.5, 0.6) is 0 Å². The van der Waals surface area contributed by atoms with E-state index in [-0.39, 0.29) is 6.04 Å². The molecule has 5 aromatic rings. The largest absolute Gasteiger partial charge is 0.334 e. The number of rotatable bonds is 3. The molecular formula is C17H13N7O2. The number of fused-ring (bicyclic) bond motifs is 2. The van der Waals surface area contributed by atoms with Crippen molar-refractivity contribution in [3.8, 4) is 22.8 Å². The van der Waals surface area contributed by atoms with Crippen molar-refractivity contribution in [2.75, 3.05) is 0 Å². The smallest absolute Gasteiger partial charge is 0.258 e. The van der Waals surface area contributed by atoms with Crippen molar-refractivity contribution in [2.45, 2.75) is 19.9 Å². The Labute approximate surface area is 146 Å². The van der Waals surface area contributed by atoms with Crippen molar-refractivity contribution in [3.63, 3.8) is 0 Å². The molecule has 3 aromatic heterocycles. The Morgan fingerprint density at radius 2 is 1.69 bits per heavy atom. The highest BCUT2D eigenvalue weighted by atomic mass is 16.6. The fraction of sp³-hybridized carbons (Fsp3) is 0.176. The molecular weight excluding hydrogens is 334 g/mol. The van der Waals surface area contributed by atoms with Gasteiger partial charge in [0.05, 0.1) is 5.52 Å². The molecule has 0 amide bonds. The first-order valence-electron chi connectivity index (χ1n) is 8.11. The molecule has 128 valence electrons. The van der Waals surface area contributed by atoms with Crippen molar-refractivity contribution in [3.05, 3.63) is 36.4 Å². The summed E-state index contributed by atoms with van der Waals surface area (Å²) in [5.41, 5.74) is 4.63. The number of benzene rings is 2. The summed E-state index contributed by atoms with van der Waals surface area (Å²) in [5, 5.41) is 20.1. The Bertz CT molecular complexity index is 1230. The molecule has 0 spiro atoms. The molecule has 5 rings (SSSR count). The van der Waals surface area contributed by atoms with E-state index in [1.807, 2.05) is 28.9 Å². The van der Waals surface area contributed by atoms with E-state index in [0.29, 0.717) is 22.7 Å². The lowest BCUT2D eigenvalue weighted by atomic mass is 10.2. The van der Waals surface area contributed by atoms with Gasteiger partial charge in [0, 0.05) is 17.2 Å². The zero-order chi connectivity index (χ0) is 17.7. The Kier molecular flexibility index (Phi) is 3.08. The van der Waals surface area contributed by atoms with E-state index in [2.05, 4.69) is 44.6 Å². The minimum absolute atomic E-state index is 0.238. The van der Waals surface area contributed by atoms with Crippen LogP contribution in [0.4, 0.5) is 0 Å². The van der Waals surface area contributed by atoms with Gasteiger partial charge in [0.25, 0.3) is 5.89 Å². The van der Waals surface area contributed by atoms with Gasteiger partial charge < -0.3 is 4.52 Å². The van der Waals surface area contributed by atoms with Crippen LogP contribution in [0.15, 0.2) is 45.6 Å². The molecule has 0 bridgehead atoms. The normalized spacial score (nSPS) is 11.8. The summed E-state index contributed by atoms with van der Waals surface area (Å²) < 4.78 is 12.0. The van der Waals surface area contributed by atoms with Gasteiger partial charge in [-0.15, -0.1) is 5.10 Å². The van der Waals surface area contributed by atoms with Gasteiger partial charge in [-0.1, -0.05) is 10.4 Å². The van der Waals surface area contributed by atoms with Gasteiger partial charge in [0.2, 0.25) is 5.82 Å². The van der Waals surface area contributed by atoms with Crippen LogP contribution in [0, 0.1) is 0 Å². The highest BCUT2D eigenvalue weighted by molar-refractivity contribution is 5.81. The highest BCUT2D eigenvalue weighted by Crippen LogP contribution is 2.26. The molecule has 0 fully saturated rings. The quantitative estimate of drug-likeness (QED) is 0.489. The van der Waals surface area contributed by atoms with Gasteiger partial charge >= 0.3 is 0 Å². The van der Waals surface area contributed by atoms with E-state index in [0.717, 1.165) is 22.2 Å². The van der Waals surface area contributed by atoms with Crippen molar-refractivity contribution in [2.24, 2.45) is 0 Å². The van der Waals surface area contributed by atoms with Crippen LogP contribution < -0.4 is 0 Å². The highest BCUT2D eigenvalue weighted by Gasteiger charge is 2.14. The lowest BCUT2D eigenvalue weighted by molar-refractivity contribution is 0.315. The minimum atomic E-state index is 0.238. The van der Waals surface area contributed by atoms with Gasteiger partial charge in [-0.25, -0.2) is 9.31 Å². The van der Waals surface area contributed by atoms with Crippen molar-refractivity contribution in [1.82, 2.24) is 35.4 Å². The van der Waals surface area contributed by atoms with Gasteiger partial charge in [-0.3, -0.25) is 0 Å². The first-order valence-corrected chi connectivity index (χ1v) is 8.11. The van der Waals surface area contributed by atoms with E-state index in [1.165, 1.54) is 0 Å². The predicted octanol–water partition coefficient (Wildman–Crippen LogP) is 3.27. The number of hydrogen-bond acceptors (Lipinski definition) is 8. The summed E-state index contributed by atoms with van der Waals surface area (Å²) >= 11 is 0. The predicted molar refractivity (Wildman–Crippen MR) is 92.0 cm³/mol. The van der Waals surface area contributed by atoms with Gasteiger partial charge in [0.1, 0.15) is 16.6 Å². The van der Waals surface area contributed by atoms with E-state index < -0.39 is 0 Å². The van der Waals surface area contributed by atoms with Crippen LogP contribution in [-0.2, 0) is 0 Å². The van der Waals surface area contributed by atoms with Crippen LogP contribution in [0.1, 0.15) is 19.9 Å². The molecule has 3 heterocycles. The summed E-state index contributed by atoms with van der Waals surface area (Å²) in [6.45, 7) is 4.13. The third kappa shape index (κ3) is 2.25. The fourth-order valence-corrected chi connectivity index (χ4v) is 2.84. The van der Waals surface area contributed by atoms with Crippen LogP contribution in [-0.4, -0.2) is 35.4 Å². The Morgan fingerprint density at radius 1 is 0.885 bits per heavy atom. The fourth-order valence-electron chi connectivity index (χ4n) is 2.84. The average molecular weight is 347 g/mol. The zero-order valence-electron chi connectivity index (χ0n) is 14.0. The number of hydrogen-bond donors (Lipinski definition) is 0. The molecule has 9 nitrogen and oxygen atoms in total. The van der Waals surface area contributed by atoms with Crippen molar-refractivity contribution < 1.29 is 9.15 Å².